The lowest BCUT2D eigenvalue weighted by Crippen LogP contribution is -3.00. The second kappa shape index (κ2) is 9.17. The fourth-order valence-electron chi connectivity index (χ4n) is 1.97. The third-order valence-corrected chi connectivity index (χ3v) is 3.23. The number of imidazole rings is 1. The number of benzene rings is 1. The molecule has 120 valence electrons. The summed E-state index contributed by atoms with van der Waals surface area (Å²) >= 11 is 0. The SMILES string of the molecule is Cn1cc[n+](C)c1/N=N/c1ccc(NCCCCN)cc1.[Cl-]. The van der Waals surface area contributed by atoms with Gasteiger partial charge in [-0.1, -0.05) is 5.11 Å². The summed E-state index contributed by atoms with van der Waals surface area (Å²) in [6, 6.07) is 7.94. The van der Waals surface area contributed by atoms with Gasteiger partial charge < -0.3 is 23.5 Å². The van der Waals surface area contributed by atoms with E-state index in [1.165, 1.54) is 0 Å². The van der Waals surface area contributed by atoms with E-state index in [9.17, 15) is 0 Å². The topological polar surface area (TPSA) is 71.6 Å². The Labute approximate surface area is 137 Å². The zero-order chi connectivity index (χ0) is 15.1. The molecule has 3 N–H and O–H groups in total. The van der Waals surface area contributed by atoms with Crippen LogP contribution in [-0.4, -0.2) is 17.7 Å². The Morgan fingerprint density at radius 1 is 1.18 bits per heavy atom. The van der Waals surface area contributed by atoms with Crippen molar-refractivity contribution in [1.29, 1.82) is 0 Å². The van der Waals surface area contributed by atoms with Crippen LogP contribution in [-0.2, 0) is 14.1 Å². The monoisotopic (exact) mass is 322 g/mol. The fourth-order valence-corrected chi connectivity index (χ4v) is 1.97. The lowest BCUT2D eigenvalue weighted by atomic mass is 10.2. The summed E-state index contributed by atoms with van der Waals surface area (Å²) in [5, 5.41) is 11.9. The summed E-state index contributed by atoms with van der Waals surface area (Å²) in [5.41, 5.74) is 7.40. The Kier molecular flexibility index (Phi) is 7.56. The van der Waals surface area contributed by atoms with Gasteiger partial charge in [-0.05, 0) is 43.7 Å². The van der Waals surface area contributed by atoms with E-state index in [-0.39, 0.29) is 12.4 Å². The highest BCUT2D eigenvalue weighted by Crippen LogP contribution is 2.18. The zero-order valence-corrected chi connectivity index (χ0v) is 13.8. The highest BCUT2D eigenvalue weighted by atomic mass is 35.5. The number of nitrogens with two attached hydrogens (primary N) is 1. The largest absolute Gasteiger partial charge is 1.00 e. The van der Waals surface area contributed by atoms with Crippen molar-refractivity contribution < 1.29 is 17.0 Å². The minimum Gasteiger partial charge on any atom is -1.00 e. The van der Waals surface area contributed by atoms with Crippen LogP contribution >= 0.6 is 0 Å². The smallest absolute Gasteiger partial charge is 0.421 e. The number of anilines is 1. The number of unbranched alkanes of at least 4 members (excludes halogenated alkanes) is 1. The molecule has 1 aromatic heterocycles. The summed E-state index contributed by atoms with van der Waals surface area (Å²) in [7, 11) is 3.89. The molecule has 2 aromatic rings. The first kappa shape index (κ1) is 18.1. The molecule has 7 heteroatoms. The molecule has 0 unspecified atom stereocenters. The number of nitrogens with one attached hydrogen (secondary N) is 1. The van der Waals surface area contributed by atoms with Crippen LogP contribution in [0.5, 0.6) is 0 Å². The average molecular weight is 323 g/mol. The molecular formula is C15H23ClN6. The van der Waals surface area contributed by atoms with Gasteiger partial charge in [0.25, 0.3) is 0 Å². The maximum Gasteiger partial charge on any atom is 0.421 e. The average Bonchev–Trinajstić information content (AvgIpc) is 2.82. The number of nitrogens with zero attached hydrogens (tertiary/aromatic N) is 4. The quantitative estimate of drug-likeness (QED) is 0.407. The van der Waals surface area contributed by atoms with Crippen LogP contribution in [0.25, 0.3) is 0 Å². The molecule has 1 heterocycles. The Morgan fingerprint density at radius 3 is 2.50 bits per heavy atom. The summed E-state index contributed by atoms with van der Waals surface area (Å²) < 4.78 is 3.85. The van der Waals surface area contributed by atoms with Gasteiger partial charge in [0.2, 0.25) is 0 Å². The number of aryl methyl sites for hydroxylation is 2. The summed E-state index contributed by atoms with van der Waals surface area (Å²) in [6.45, 7) is 1.69. The fraction of sp³-hybridized carbons (Fsp3) is 0.400. The van der Waals surface area contributed by atoms with Gasteiger partial charge in [0.05, 0.1) is 26.5 Å². The number of aromatic nitrogens is 2. The third kappa shape index (κ3) is 5.13. The molecule has 0 bridgehead atoms. The number of halogens is 1. The summed E-state index contributed by atoms with van der Waals surface area (Å²) in [6.07, 6.45) is 6.03. The number of hydrogen-bond acceptors (Lipinski definition) is 4. The normalized spacial score (nSPS) is 10.7. The van der Waals surface area contributed by atoms with Crippen LogP contribution in [0.15, 0.2) is 46.9 Å². The predicted molar refractivity (Wildman–Crippen MR) is 84.0 cm³/mol. The van der Waals surface area contributed by atoms with Crippen LogP contribution in [0, 0.1) is 0 Å². The third-order valence-electron chi connectivity index (χ3n) is 3.23. The molecule has 0 aliphatic heterocycles. The first-order chi connectivity index (χ1) is 10.2. The van der Waals surface area contributed by atoms with Gasteiger partial charge in [-0.25, -0.2) is 9.13 Å². The van der Waals surface area contributed by atoms with Gasteiger partial charge in [-0.3, -0.25) is 0 Å². The second-order valence-corrected chi connectivity index (χ2v) is 4.99. The van der Waals surface area contributed by atoms with Crippen LogP contribution in [0.3, 0.4) is 0 Å². The molecule has 0 fully saturated rings. The van der Waals surface area contributed by atoms with Crippen LogP contribution < -0.4 is 28.0 Å². The Bertz CT molecular complexity index is 571. The number of azo groups is 1. The van der Waals surface area contributed by atoms with E-state index in [1.807, 2.05) is 59.9 Å². The van der Waals surface area contributed by atoms with E-state index >= 15 is 0 Å². The standard InChI is InChI=1S/C15H22N6.ClH/c1-20-11-12-21(2)15(20)19-18-14-7-5-13(6-8-14)17-10-4-3-9-16;/h5-8,11-12H,3-4,9-10,16H2,1-2H3;1H. The number of rotatable bonds is 7. The van der Waals surface area contributed by atoms with Crippen LogP contribution in [0.4, 0.5) is 17.3 Å². The molecule has 0 saturated heterocycles. The Balaban J connectivity index is 0.00000242. The molecule has 0 aliphatic carbocycles. The van der Waals surface area contributed by atoms with Gasteiger partial charge in [0.1, 0.15) is 5.69 Å². The molecule has 0 radical (unpaired) electrons. The highest BCUT2D eigenvalue weighted by molar-refractivity contribution is 5.50. The second-order valence-electron chi connectivity index (χ2n) is 4.99. The minimum absolute atomic E-state index is 0. The van der Waals surface area contributed by atoms with Gasteiger partial charge in [-0.2, -0.15) is 0 Å². The van der Waals surface area contributed by atoms with E-state index in [1.54, 1.807) is 0 Å². The van der Waals surface area contributed by atoms with Crippen molar-refractivity contribution in [2.24, 2.45) is 30.1 Å². The van der Waals surface area contributed by atoms with E-state index in [2.05, 4.69) is 15.5 Å². The molecule has 22 heavy (non-hydrogen) atoms. The molecule has 0 amide bonds. The van der Waals surface area contributed by atoms with E-state index in [0.717, 1.165) is 43.3 Å². The highest BCUT2D eigenvalue weighted by Gasteiger charge is 2.09. The number of hydrogen-bond donors (Lipinski definition) is 2. The van der Waals surface area contributed by atoms with Crippen molar-refractivity contribution in [2.45, 2.75) is 12.8 Å². The van der Waals surface area contributed by atoms with Gasteiger partial charge in [0.15, 0.2) is 0 Å². The van der Waals surface area contributed by atoms with Crippen LogP contribution in [0.1, 0.15) is 12.8 Å². The van der Waals surface area contributed by atoms with Gasteiger partial charge in [0, 0.05) is 17.3 Å². The predicted octanol–water partition coefficient (Wildman–Crippen LogP) is -0.580. The molecule has 2 rings (SSSR count). The minimum atomic E-state index is 0. The first-order valence-corrected chi connectivity index (χ1v) is 7.17. The van der Waals surface area contributed by atoms with Crippen molar-refractivity contribution in [3.63, 3.8) is 0 Å². The first-order valence-electron chi connectivity index (χ1n) is 7.17. The maximum absolute atomic E-state index is 5.47. The Hall–Kier alpha value is -1.92. The van der Waals surface area contributed by atoms with Crippen molar-refractivity contribution in [1.82, 2.24) is 4.57 Å². The van der Waals surface area contributed by atoms with Gasteiger partial charge >= 0.3 is 5.95 Å². The van der Waals surface area contributed by atoms with Crippen LogP contribution in [0.2, 0.25) is 0 Å². The van der Waals surface area contributed by atoms with E-state index in [0.29, 0.717) is 0 Å². The van der Waals surface area contributed by atoms with E-state index < -0.39 is 0 Å². The molecule has 0 saturated carbocycles. The molecular weight excluding hydrogens is 300 g/mol. The van der Waals surface area contributed by atoms with Gasteiger partial charge in [-0.15, -0.1) is 0 Å². The van der Waals surface area contributed by atoms with Crippen molar-refractivity contribution in [3.8, 4) is 0 Å². The van der Waals surface area contributed by atoms with Crippen molar-refractivity contribution in [2.75, 3.05) is 18.4 Å². The molecule has 0 spiro atoms. The van der Waals surface area contributed by atoms with E-state index in [4.69, 9.17) is 5.73 Å². The molecule has 1 aromatic carbocycles. The zero-order valence-electron chi connectivity index (χ0n) is 13.0. The lowest BCUT2D eigenvalue weighted by Gasteiger charge is -2.05. The summed E-state index contributed by atoms with van der Waals surface area (Å²) in [5.74, 6) is 0.805. The van der Waals surface area contributed by atoms with Crippen molar-refractivity contribution >= 4 is 17.3 Å². The molecule has 6 nitrogen and oxygen atoms in total. The Morgan fingerprint density at radius 2 is 1.91 bits per heavy atom. The maximum atomic E-state index is 5.47. The lowest BCUT2D eigenvalue weighted by molar-refractivity contribution is -0.657. The molecule has 0 aliphatic rings. The summed E-state index contributed by atoms with van der Waals surface area (Å²) in [4.78, 5) is 0. The van der Waals surface area contributed by atoms with Crippen molar-refractivity contribution in [3.05, 3.63) is 36.7 Å². The molecule has 0 atom stereocenters.